The van der Waals surface area contributed by atoms with Crippen LogP contribution in [0.25, 0.3) is 0 Å². The fourth-order valence-electron chi connectivity index (χ4n) is 6.70. The molecular formula is C29H38Cl2N4O4. The fraction of sp³-hybridized carbons (Fsp3) is 0.621. The van der Waals surface area contributed by atoms with Gasteiger partial charge in [-0.05, 0) is 51.1 Å². The molecule has 3 aliphatic heterocycles. The minimum absolute atomic E-state index is 0.0973. The number of carbonyl (C=O) groups excluding carboxylic acids is 3. The maximum Gasteiger partial charge on any atom is 0.246 e. The van der Waals surface area contributed by atoms with E-state index in [2.05, 4.69) is 22.5 Å². The molecule has 1 spiro atoms. The number of hydrogen-bond donors (Lipinski definition) is 2. The van der Waals surface area contributed by atoms with E-state index < -0.39 is 29.6 Å². The molecule has 1 aliphatic carbocycles. The molecule has 5 rings (SSSR count). The van der Waals surface area contributed by atoms with E-state index in [0.29, 0.717) is 28.8 Å². The molecule has 0 radical (unpaired) electrons. The smallest absolute Gasteiger partial charge is 0.246 e. The van der Waals surface area contributed by atoms with Crippen molar-refractivity contribution < 1.29 is 19.1 Å². The van der Waals surface area contributed by atoms with Gasteiger partial charge in [0.1, 0.15) is 11.6 Å². The number of anilines is 1. The second-order valence-electron chi connectivity index (χ2n) is 11.4. The van der Waals surface area contributed by atoms with E-state index >= 15 is 0 Å². The van der Waals surface area contributed by atoms with E-state index in [1.165, 1.54) is 6.42 Å². The Bertz CT molecular complexity index is 1120. The second kappa shape index (κ2) is 11.8. The van der Waals surface area contributed by atoms with Crippen molar-refractivity contribution in [3.8, 4) is 0 Å². The van der Waals surface area contributed by atoms with Crippen molar-refractivity contribution in [3.63, 3.8) is 0 Å². The number of rotatable bonds is 10. The number of likely N-dealkylation sites (tertiary alicyclic amines) is 1. The van der Waals surface area contributed by atoms with Crippen LogP contribution in [0.1, 0.15) is 51.9 Å². The van der Waals surface area contributed by atoms with E-state index in [1.807, 2.05) is 19.2 Å². The maximum absolute atomic E-state index is 14.1. The van der Waals surface area contributed by atoms with Gasteiger partial charge < -0.3 is 25.2 Å². The van der Waals surface area contributed by atoms with Crippen LogP contribution in [0, 0.1) is 11.8 Å². The molecule has 39 heavy (non-hydrogen) atoms. The van der Waals surface area contributed by atoms with Crippen LogP contribution in [0.4, 0.5) is 5.69 Å². The second-order valence-corrected chi connectivity index (χ2v) is 12.3. The van der Waals surface area contributed by atoms with Gasteiger partial charge in [-0.1, -0.05) is 68.0 Å². The van der Waals surface area contributed by atoms with Gasteiger partial charge in [0.25, 0.3) is 0 Å². The third-order valence-corrected chi connectivity index (χ3v) is 9.06. The van der Waals surface area contributed by atoms with Crippen molar-refractivity contribution in [2.45, 2.75) is 75.7 Å². The van der Waals surface area contributed by atoms with E-state index in [9.17, 15) is 14.4 Å². The molecule has 2 bridgehead atoms. The van der Waals surface area contributed by atoms with Crippen LogP contribution >= 0.6 is 23.2 Å². The molecule has 2 saturated heterocycles. The summed E-state index contributed by atoms with van der Waals surface area (Å²) in [6.07, 6.45) is 10.5. The van der Waals surface area contributed by atoms with E-state index in [1.54, 1.807) is 23.1 Å². The van der Waals surface area contributed by atoms with Gasteiger partial charge in [0.2, 0.25) is 17.7 Å². The predicted octanol–water partition coefficient (Wildman–Crippen LogP) is 4.26. The number of nitrogens with one attached hydrogen (secondary N) is 2. The summed E-state index contributed by atoms with van der Waals surface area (Å²) in [5.74, 6) is -2.31. The van der Waals surface area contributed by atoms with E-state index in [-0.39, 0.29) is 23.8 Å². The Kier molecular flexibility index (Phi) is 8.57. The van der Waals surface area contributed by atoms with Gasteiger partial charge in [0.15, 0.2) is 0 Å². The molecule has 4 aliphatic rings. The third kappa shape index (κ3) is 5.58. The highest BCUT2D eigenvalue weighted by molar-refractivity contribution is 6.35. The molecule has 212 valence electrons. The Labute approximate surface area is 240 Å². The number of halogens is 2. The first kappa shape index (κ1) is 28.4. The molecule has 2 N–H and O–H groups in total. The summed E-state index contributed by atoms with van der Waals surface area (Å²) in [5, 5.41) is 6.90. The summed E-state index contributed by atoms with van der Waals surface area (Å²) < 4.78 is 6.44. The van der Waals surface area contributed by atoms with Gasteiger partial charge in [-0.3, -0.25) is 14.4 Å². The van der Waals surface area contributed by atoms with Crippen molar-refractivity contribution >= 4 is 46.6 Å². The van der Waals surface area contributed by atoms with Gasteiger partial charge in [-0.2, -0.15) is 0 Å². The fourth-order valence-corrected chi connectivity index (χ4v) is 7.23. The zero-order valence-corrected chi connectivity index (χ0v) is 24.1. The number of likely N-dealkylation sites (N-methyl/N-ethyl adjacent to an activating group) is 1. The van der Waals surface area contributed by atoms with E-state index in [0.717, 1.165) is 45.1 Å². The van der Waals surface area contributed by atoms with Crippen LogP contribution in [0.15, 0.2) is 30.4 Å². The first-order chi connectivity index (χ1) is 18.7. The van der Waals surface area contributed by atoms with E-state index in [4.69, 9.17) is 27.9 Å². The van der Waals surface area contributed by atoms with Gasteiger partial charge in [-0.15, -0.1) is 0 Å². The zero-order valence-electron chi connectivity index (χ0n) is 22.6. The molecule has 0 aromatic heterocycles. The van der Waals surface area contributed by atoms with Crippen LogP contribution in [0.2, 0.25) is 10.0 Å². The monoisotopic (exact) mass is 576 g/mol. The largest absolute Gasteiger partial charge is 0.359 e. The highest BCUT2D eigenvalue weighted by Gasteiger charge is 2.72. The minimum atomic E-state index is -1.17. The van der Waals surface area contributed by atoms with Crippen molar-refractivity contribution in [1.82, 2.24) is 15.1 Å². The number of hydrogen-bond acceptors (Lipinski definition) is 5. The van der Waals surface area contributed by atoms with Gasteiger partial charge in [-0.25, -0.2) is 0 Å². The zero-order chi connectivity index (χ0) is 27.7. The Hall–Kier alpha value is -2.13. The first-order valence-electron chi connectivity index (χ1n) is 14.2. The Balaban J connectivity index is 1.41. The Morgan fingerprint density at radius 1 is 1.10 bits per heavy atom. The molecule has 1 aromatic carbocycles. The highest BCUT2D eigenvalue weighted by atomic mass is 35.5. The first-order valence-corrected chi connectivity index (χ1v) is 14.9. The molecule has 5 atom stereocenters. The molecule has 0 unspecified atom stereocenters. The quantitative estimate of drug-likeness (QED) is 0.406. The summed E-state index contributed by atoms with van der Waals surface area (Å²) in [7, 11) is 2.03. The lowest BCUT2D eigenvalue weighted by molar-refractivity contribution is -0.141. The van der Waals surface area contributed by atoms with Crippen molar-refractivity contribution in [3.05, 3.63) is 40.4 Å². The number of unbranched alkanes of at least 4 members (excludes halogenated alkanes) is 1. The average Bonchev–Trinajstić information content (AvgIpc) is 3.53. The normalized spacial score (nSPS) is 29.8. The lowest BCUT2D eigenvalue weighted by atomic mass is 9.74. The number of ether oxygens (including phenoxy) is 1. The summed E-state index contributed by atoms with van der Waals surface area (Å²) in [4.78, 5) is 45.4. The maximum atomic E-state index is 14.1. The molecule has 10 heteroatoms. The molecule has 1 saturated carbocycles. The highest BCUT2D eigenvalue weighted by Crippen LogP contribution is 2.55. The van der Waals surface area contributed by atoms with Crippen LogP contribution in [-0.4, -0.2) is 78.0 Å². The summed E-state index contributed by atoms with van der Waals surface area (Å²) in [6.45, 7) is 4.08. The Morgan fingerprint density at radius 3 is 2.51 bits per heavy atom. The standard InChI is InChI=1S/C29H38Cl2N4O4/c1-3-4-12-34(2)13-14-35-25(27(37)32-20-8-6-5-7-9-20)29-11-10-22(39-29)23(24(29)28(35)38)26(36)33-21-16-18(30)15-19(31)17-21/h10-11,15-17,20,22-25H,3-9,12-14H2,1-2H3,(H,32,37)(H,33,36)/t22-,23-,24-,25+,29-/m0/s1. The molecule has 1 aromatic rings. The third-order valence-electron chi connectivity index (χ3n) is 8.62. The van der Waals surface area contributed by atoms with Crippen LogP contribution < -0.4 is 10.6 Å². The Morgan fingerprint density at radius 2 is 1.82 bits per heavy atom. The molecule has 3 heterocycles. The van der Waals surface area contributed by atoms with Crippen LogP contribution in [0.5, 0.6) is 0 Å². The summed E-state index contributed by atoms with van der Waals surface area (Å²) >= 11 is 12.3. The van der Waals surface area contributed by atoms with Gasteiger partial charge in [0.05, 0.1) is 17.9 Å². The molecule has 8 nitrogen and oxygen atoms in total. The van der Waals surface area contributed by atoms with Crippen LogP contribution in [0.3, 0.4) is 0 Å². The number of carbonyl (C=O) groups is 3. The van der Waals surface area contributed by atoms with Crippen LogP contribution in [-0.2, 0) is 19.1 Å². The predicted molar refractivity (Wildman–Crippen MR) is 152 cm³/mol. The lowest BCUT2D eigenvalue weighted by Gasteiger charge is -2.34. The SMILES string of the molecule is CCCCN(C)CCN1C(=O)[C@@H]2[C@@H](C(=O)Nc3cc(Cl)cc(Cl)c3)[C@@H]3C=C[C@@]2(O3)[C@H]1C(=O)NC1CCCCC1. The average molecular weight is 578 g/mol. The van der Waals surface area contributed by atoms with Gasteiger partial charge >= 0.3 is 0 Å². The topological polar surface area (TPSA) is 91.0 Å². The van der Waals surface area contributed by atoms with Crippen molar-refractivity contribution in [2.24, 2.45) is 11.8 Å². The number of amides is 3. The minimum Gasteiger partial charge on any atom is -0.359 e. The number of nitrogens with zero attached hydrogens (tertiary/aromatic N) is 2. The molecule has 3 fully saturated rings. The number of benzene rings is 1. The lowest BCUT2D eigenvalue weighted by Crippen LogP contribution is -2.57. The summed E-state index contributed by atoms with van der Waals surface area (Å²) in [6, 6.07) is 4.08. The van der Waals surface area contributed by atoms with Crippen molar-refractivity contribution in [2.75, 3.05) is 32.0 Å². The van der Waals surface area contributed by atoms with Gasteiger partial charge in [0, 0.05) is 34.9 Å². The van der Waals surface area contributed by atoms with Crippen molar-refractivity contribution in [1.29, 1.82) is 0 Å². The number of fused-ring (bicyclic) bond motifs is 1. The molecular weight excluding hydrogens is 539 g/mol. The molecule has 3 amide bonds. The summed E-state index contributed by atoms with van der Waals surface area (Å²) in [5.41, 5.74) is -0.721.